The molecule has 0 amide bonds. The van der Waals surface area contributed by atoms with Crippen LogP contribution >= 0.6 is 0 Å². The Morgan fingerprint density at radius 1 is 0.952 bits per heavy atom. The quantitative estimate of drug-likeness (QED) is 0.875. The van der Waals surface area contributed by atoms with Gasteiger partial charge in [-0.2, -0.15) is 0 Å². The van der Waals surface area contributed by atoms with Crippen molar-refractivity contribution in [1.29, 1.82) is 0 Å². The minimum Gasteiger partial charge on any atom is -0.457 e. The minimum atomic E-state index is 0.0533. The van der Waals surface area contributed by atoms with Crippen LogP contribution in [0, 0.1) is 0 Å². The highest BCUT2D eigenvalue weighted by Crippen LogP contribution is 2.35. The van der Waals surface area contributed by atoms with Crippen molar-refractivity contribution in [2.24, 2.45) is 5.73 Å². The van der Waals surface area contributed by atoms with E-state index in [1.807, 2.05) is 24.3 Å². The van der Waals surface area contributed by atoms with E-state index in [1.165, 1.54) is 11.1 Å². The van der Waals surface area contributed by atoms with E-state index in [1.54, 1.807) is 0 Å². The topological polar surface area (TPSA) is 35.2 Å². The lowest BCUT2D eigenvalue weighted by Crippen LogP contribution is -2.13. The molecule has 0 aliphatic carbocycles. The number of hydrogen-bond acceptors (Lipinski definition) is 2. The first-order chi connectivity index (χ1) is 9.94. The maximum atomic E-state index is 6.09. The summed E-state index contributed by atoms with van der Waals surface area (Å²) in [6, 6.07) is 14.4. The first-order valence-electron chi connectivity index (χ1n) is 7.54. The summed E-state index contributed by atoms with van der Waals surface area (Å²) in [7, 11) is 0. The van der Waals surface area contributed by atoms with Gasteiger partial charge in [0.2, 0.25) is 0 Å². The van der Waals surface area contributed by atoms with Crippen LogP contribution in [-0.2, 0) is 18.4 Å². The van der Waals surface area contributed by atoms with E-state index in [9.17, 15) is 0 Å². The molecule has 0 saturated carbocycles. The maximum absolute atomic E-state index is 6.09. The zero-order valence-corrected chi connectivity index (χ0v) is 13.4. The van der Waals surface area contributed by atoms with E-state index in [2.05, 4.69) is 45.9 Å². The lowest BCUT2D eigenvalue weighted by atomic mass is 9.85. The van der Waals surface area contributed by atoms with Gasteiger partial charge in [0, 0.05) is 12.1 Å². The fourth-order valence-electron chi connectivity index (χ4n) is 2.29. The van der Waals surface area contributed by atoms with E-state index in [0.29, 0.717) is 6.54 Å². The largest absolute Gasteiger partial charge is 0.457 e. The van der Waals surface area contributed by atoms with Crippen molar-refractivity contribution in [3.8, 4) is 11.5 Å². The Morgan fingerprint density at radius 2 is 1.57 bits per heavy atom. The van der Waals surface area contributed by atoms with E-state index in [0.717, 1.165) is 23.5 Å². The highest BCUT2D eigenvalue weighted by Gasteiger charge is 2.19. The predicted molar refractivity (Wildman–Crippen MR) is 88.9 cm³/mol. The van der Waals surface area contributed by atoms with Crippen molar-refractivity contribution in [2.75, 3.05) is 0 Å². The summed E-state index contributed by atoms with van der Waals surface area (Å²) in [5, 5.41) is 0. The molecule has 0 aliphatic heterocycles. The van der Waals surface area contributed by atoms with Gasteiger partial charge in [-0.1, -0.05) is 52.0 Å². The molecule has 0 spiro atoms. The van der Waals surface area contributed by atoms with Crippen LogP contribution in [-0.4, -0.2) is 0 Å². The highest BCUT2D eigenvalue weighted by atomic mass is 16.5. The summed E-state index contributed by atoms with van der Waals surface area (Å²) in [5.41, 5.74) is 9.37. The number of benzene rings is 2. The molecule has 2 heteroatoms. The summed E-state index contributed by atoms with van der Waals surface area (Å²) >= 11 is 0. The average molecular weight is 283 g/mol. The van der Waals surface area contributed by atoms with Crippen molar-refractivity contribution < 1.29 is 4.74 Å². The number of rotatable bonds is 4. The molecule has 2 N–H and O–H groups in total. The monoisotopic (exact) mass is 283 g/mol. The number of aryl methyl sites for hydroxylation is 1. The van der Waals surface area contributed by atoms with Gasteiger partial charge in [0.1, 0.15) is 11.5 Å². The zero-order valence-electron chi connectivity index (χ0n) is 13.4. The molecule has 0 fully saturated rings. The van der Waals surface area contributed by atoms with Gasteiger partial charge < -0.3 is 10.5 Å². The van der Waals surface area contributed by atoms with Crippen LogP contribution in [0.15, 0.2) is 42.5 Å². The molecule has 0 aromatic heterocycles. The molecule has 0 atom stereocenters. The second-order valence-corrected chi connectivity index (χ2v) is 6.38. The predicted octanol–water partition coefficient (Wildman–Crippen LogP) is 4.80. The second-order valence-electron chi connectivity index (χ2n) is 6.38. The Balaban J connectivity index is 2.34. The average Bonchev–Trinajstić information content (AvgIpc) is 2.47. The molecule has 0 radical (unpaired) electrons. The van der Waals surface area contributed by atoms with Gasteiger partial charge in [0.15, 0.2) is 0 Å². The van der Waals surface area contributed by atoms with Crippen LogP contribution in [0.5, 0.6) is 11.5 Å². The Morgan fingerprint density at radius 3 is 2.10 bits per heavy atom. The van der Waals surface area contributed by atoms with Gasteiger partial charge in [0.25, 0.3) is 0 Å². The molecule has 0 heterocycles. The van der Waals surface area contributed by atoms with E-state index in [4.69, 9.17) is 10.5 Å². The molecule has 112 valence electrons. The third-order valence-corrected chi connectivity index (χ3v) is 3.65. The molecule has 21 heavy (non-hydrogen) atoms. The molecule has 0 unspecified atom stereocenters. The standard InChI is InChI=1S/C19H25NO/c1-5-14-8-11-18(17(12-14)19(2,3)4)21-16-9-6-15(13-20)7-10-16/h6-12H,5,13,20H2,1-4H3. The first kappa shape index (κ1) is 15.6. The maximum Gasteiger partial charge on any atom is 0.131 e. The number of hydrogen-bond donors (Lipinski definition) is 1. The molecular weight excluding hydrogens is 258 g/mol. The van der Waals surface area contributed by atoms with Crippen LogP contribution in [0.4, 0.5) is 0 Å². The van der Waals surface area contributed by atoms with Gasteiger partial charge in [-0.25, -0.2) is 0 Å². The summed E-state index contributed by atoms with van der Waals surface area (Å²) in [6.07, 6.45) is 1.04. The van der Waals surface area contributed by atoms with Gasteiger partial charge in [-0.15, -0.1) is 0 Å². The van der Waals surface area contributed by atoms with Gasteiger partial charge in [-0.3, -0.25) is 0 Å². The van der Waals surface area contributed by atoms with Crippen LogP contribution in [0.1, 0.15) is 44.4 Å². The Labute approximate surface area is 127 Å². The van der Waals surface area contributed by atoms with Crippen molar-refractivity contribution >= 4 is 0 Å². The molecular formula is C19H25NO. The molecule has 0 bridgehead atoms. The SMILES string of the molecule is CCc1ccc(Oc2ccc(CN)cc2)c(C(C)(C)C)c1. The summed E-state index contributed by atoms with van der Waals surface area (Å²) < 4.78 is 6.09. The van der Waals surface area contributed by atoms with Crippen molar-refractivity contribution in [3.05, 3.63) is 59.2 Å². The lowest BCUT2D eigenvalue weighted by Gasteiger charge is -2.23. The zero-order chi connectivity index (χ0) is 15.5. The summed E-state index contributed by atoms with van der Waals surface area (Å²) in [6.45, 7) is 9.37. The van der Waals surface area contributed by atoms with Crippen molar-refractivity contribution in [1.82, 2.24) is 0 Å². The highest BCUT2D eigenvalue weighted by molar-refractivity contribution is 5.44. The van der Waals surface area contributed by atoms with Crippen LogP contribution < -0.4 is 10.5 Å². The number of nitrogens with two attached hydrogens (primary N) is 1. The van der Waals surface area contributed by atoms with Crippen molar-refractivity contribution in [2.45, 2.75) is 46.1 Å². The van der Waals surface area contributed by atoms with E-state index in [-0.39, 0.29) is 5.41 Å². The third-order valence-electron chi connectivity index (χ3n) is 3.65. The third kappa shape index (κ3) is 3.85. The Hall–Kier alpha value is -1.80. The fraction of sp³-hybridized carbons (Fsp3) is 0.368. The van der Waals surface area contributed by atoms with E-state index < -0.39 is 0 Å². The lowest BCUT2D eigenvalue weighted by molar-refractivity contribution is 0.455. The van der Waals surface area contributed by atoms with Crippen LogP contribution in [0.3, 0.4) is 0 Å². The summed E-state index contributed by atoms with van der Waals surface area (Å²) in [4.78, 5) is 0. The molecule has 2 aromatic rings. The van der Waals surface area contributed by atoms with Crippen molar-refractivity contribution in [3.63, 3.8) is 0 Å². The molecule has 0 aliphatic rings. The summed E-state index contributed by atoms with van der Waals surface area (Å²) in [5.74, 6) is 1.78. The normalized spacial score (nSPS) is 11.5. The molecule has 2 nitrogen and oxygen atoms in total. The van der Waals surface area contributed by atoms with Crippen LogP contribution in [0.2, 0.25) is 0 Å². The number of ether oxygens (including phenoxy) is 1. The minimum absolute atomic E-state index is 0.0533. The van der Waals surface area contributed by atoms with Gasteiger partial charge in [0.05, 0.1) is 0 Å². The first-order valence-corrected chi connectivity index (χ1v) is 7.54. The Kier molecular flexibility index (Phi) is 4.69. The molecule has 0 saturated heterocycles. The second kappa shape index (κ2) is 6.31. The molecule has 2 rings (SSSR count). The van der Waals surface area contributed by atoms with E-state index >= 15 is 0 Å². The molecule has 2 aromatic carbocycles. The fourth-order valence-corrected chi connectivity index (χ4v) is 2.29. The van der Waals surface area contributed by atoms with Gasteiger partial charge >= 0.3 is 0 Å². The Bertz CT molecular complexity index is 594. The van der Waals surface area contributed by atoms with Crippen LogP contribution in [0.25, 0.3) is 0 Å². The van der Waals surface area contributed by atoms with Gasteiger partial charge in [-0.05, 0) is 41.2 Å². The smallest absolute Gasteiger partial charge is 0.131 e.